The Hall–Kier alpha value is -1.74. The monoisotopic (exact) mass is 248 g/mol. The van der Waals surface area contributed by atoms with E-state index in [1.54, 1.807) is 12.3 Å². The van der Waals surface area contributed by atoms with Gasteiger partial charge in [-0.05, 0) is 31.2 Å². The molecule has 17 heavy (non-hydrogen) atoms. The fraction of sp³-hybridized carbons (Fsp3) is 0.154. The van der Waals surface area contributed by atoms with Gasteiger partial charge in [-0.15, -0.1) is 0 Å². The van der Waals surface area contributed by atoms with Crippen LogP contribution in [0.25, 0.3) is 0 Å². The van der Waals surface area contributed by atoms with Gasteiger partial charge in [0.25, 0.3) is 0 Å². The highest BCUT2D eigenvalue weighted by Crippen LogP contribution is 2.24. The molecule has 2 rings (SSSR count). The minimum atomic E-state index is 0.656. The van der Waals surface area contributed by atoms with E-state index >= 15 is 0 Å². The van der Waals surface area contributed by atoms with Crippen molar-refractivity contribution in [3.8, 4) is 11.5 Å². The fourth-order valence-corrected chi connectivity index (χ4v) is 1.60. The molecule has 1 N–H and O–H groups in total. The van der Waals surface area contributed by atoms with Crippen LogP contribution in [0.3, 0.4) is 0 Å². The highest BCUT2D eigenvalue weighted by molar-refractivity contribution is 6.30. The highest BCUT2D eigenvalue weighted by atomic mass is 35.5. The van der Waals surface area contributed by atoms with E-state index in [0.29, 0.717) is 10.8 Å². The molecule has 1 aromatic heterocycles. The molecular weight excluding hydrogens is 236 g/mol. The molecule has 0 atom stereocenters. The Bertz CT molecular complexity index is 502. The van der Waals surface area contributed by atoms with Gasteiger partial charge in [-0.3, -0.25) is 0 Å². The van der Waals surface area contributed by atoms with Gasteiger partial charge in [-0.25, -0.2) is 4.98 Å². The normalized spacial score (nSPS) is 10.0. The zero-order chi connectivity index (χ0) is 12.1. The molecule has 0 aliphatic rings. The molecule has 0 saturated carbocycles. The molecule has 88 valence electrons. The lowest BCUT2D eigenvalue weighted by atomic mass is 10.3. The minimum Gasteiger partial charge on any atom is -0.457 e. The van der Waals surface area contributed by atoms with Crippen molar-refractivity contribution in [3.63, 3.8) is 0 Å². The molecule has 0 bridgehead atoms. The summed E-state index contributed by atoms with van der Waals surface area (Å²) in [6, 6.07) is 11.0. The molecule has 0 aliphatic carbocycles. The molecule has 0 unspecified atom stereocenters. The first-order valence-electron chi connectivity index (χ1n) is 5.41. The molecule has 0 spiro atoms. The van der Waals surface area contributed by atoms with E-state index in [1.807, 2.05) is 37.3 Å². The van der Waals surface area contributed by atoms with Crippen LogP contribution in [0.5, 0.6) is 11.5 Å². The third-order valence-corrected chi connectivity index (χ3v) is 2.36. The Morgan fingerprint density at radius 2 is 2.06 bits per heavy atom. The lowest BCUT2D eigenvalue weighted by Gasteiger charge is -2.07. The van der Waals surface area contributed by atoms with Crippen LogP contribution in [-0.2, 0) is 0 Å². The van der Waals surface area contributed by atoms with E-state index < -0.39 is 0 Å². The van der Waals surface area contributed by atoms with Gasteiger partial charge in [-0.2, -0.15) is 0 Å². The molecule has 1 heterocycles. The lowest BCUT2D eigenvalue weighted by molar-refractivity contribution is 0.482. The number of nitrogens with zero attached hydrogens (tertiary/aromatic N) is 1. The first-order chi connectivity index (χ1) is 8.28. The largest absolute Gasteiger partial charge is 0.457 e. The van der Waals surface area contributed by atoms with Crippen LogP contribution in [0, 0.1) is 0 Å². The molecule has 0 fully saturated rings. The van der Waals surface area contributed by atoms with Crippen molar-refractivity contribution in [2.24, 2.45) is 0 Å². The summed E-state index contributed by atoms with van der Waals surface area (Å²) in [5, 5.41) is 3.78. The molecule has 0 aliphatic heterocycles. The molecule has 4 heteroatoms. The fourth-order valence-electron chi connectivity index (χ4n) is 1.42. The van der Waals surface area contributed by atoms with Gasteiger partial charge < -0.3 is 10.1 Å². The molecular formula is C13H13ClN2O. The van der Waals surface area contributed by atoms with Crippen molar-refractivity contribution < 1.29 is 4.74 Å². The topological polar surface area (TPSA) is 34.1 Å². The number of halogens is 1. The second-order valence-electron chi connectivity index (χ2n) is 3.47. The van der Waals surface area contributed by atoms with Gasteiger partial charge in [0.15, 0.2) is 0 Å². The third-order valence-electron chi connectivity index (χ3n) is 2.12. The van der Waals surface area contributed by atoms with Crippen molar-refractivity contribution in [2.45, 2.75) is 6.92 Å². The summed E-state index contributed by atoms with van der Waals surface area (Å²) < 4.78 is 5.68. The van der Waals surface area contributed by atoms with Crippen molar-refractivity contribution in [1.29, 1.82) is 0 Å². The van der Waals surface area contributed by atoms with Crippen LogP contribution < -0.4 is 10.1 Å². The number of benzene rings is 1. The Balaban J connectivity index is 2.15. The van der Waals surface area contributed by atoms with Crippen LogP contribution in [0.2, 0.25) is 5.02 Å². The number of aromatic nitrogens is 1. The van der Waals surface area contributed by atoms with Gasteiger partial charge in [0.2, 0.25) is 0 Å². The Morgan fingerprint density at radius 3 is 2.82 bits per heavy atom. The number of rotatable bonds is 4. The predicted octanol–water partition coefficient (Wildman–Crippen LogP) is 3.96. The van der Waals surface area contributed by atoms with Gasteiger partial charge in [-0.1, -0.05) is 17.7 Å². The van der Waals surface area contributed by atoms with Gasteiger partial charge >= 0.3 is 0 Å². The van der Waals surface area contributed by atoms with Crippen molar-refractivity contribution in [1.82, 2.24) is 4.98 Å². The van der Waals surface area contributed by atoms with E-state index in [4.69, 9.17) is 16.3 Å². The molecule has 1 aromatic carbocycles. The number of pyridine rings is 1. The van der Waals surface area contributed by atoms with Crippen LogP contribution >= 0.6 is 11.6 Å². The summed E-state index contributed by atoms with van der Waals surface area (Å²) in [7, 11) is 0. The second kappa shape index (κ2) is 5.55. The quantitative estimate of drug-likeness (QED) is 0.889. The number of ether oxygens (including phenoxy) is 1. The summed E-state index contributed by atoms with van der Waals surface area (Å²) in [4.78, 5) is 4.17. The van der Waals surface area contributed by atoms with Crippen LogP contribution in [0.4, 0.5) is 5.82 Å². The first-order valence-corrected chi connectivity index (χ1v) is 5.79. The summed E-state index contributed by atoms with van der Waals surface area (Å²) in [5.41, 5.74) is 0. The Kier molecular flexibility index (Phi) is 3.83. The number of hydrogen-bond acceptors (Lipinski definition) is 3. The van der Waals surface area contributed by atoms with Crippen molar-refractivity contribution in [3.05, 3.63) is 47.6 Å². The Labute approximate surface area is 105 Å². The van der Waals surface area contributed by atoms with E-state index in [0.717, 1.165) is 18.1 Å². The van der Waals surface area contributed by atoms with E-state index in [2.05, 4.69) is 10.3 Å². The number of anilines is 1. The van der Waals surface area contributed by atoms with E-state index in [9.17, 15) is 0 Å². The maximum atomic E-state index is 5.89. The molecule has 0 amide bonds. The van der Waals surface area contributed by atoms with E-state index in [-0.39, 0.29) is 0 Å². The maximum Gasteiger partial charge on any atom is 0.132 e. The van der Waals surface area contributed by atoms with Crippen LogP contribution in [0.15, 0.2) is 42.6 Å². The summed E-state index contributed by atoms with van der Waals surface area (Å²) in [5.74, 6) is 2.25. The smallest absolute Gasteiger partial charge is 0.132 e. The van der Waals surface area contributed by atoms with Gasteiger partial charge in [0, 0.05) is 23.8 Å². The van der Waals surface area contributed by atoms with Gasteiger partial charge in [0.1, 0.15) is 17.3 Å². The average molecular weight is 249 g/mol. The predicted molar refractivity (Wildman–Crippen MR) is 69.9 cm³/mol. The summed E-state index contributed by atoms with van der Waals surface area (Å²) in [6.07, 6.45) is 1.71. The maximum absolute atomic E-state index is 5.89. The number of hydrogen-bond donors (Lipinski definition) is 1. The standard InChI is InChI=1S/C13H13ClN2O/c1-2-15-13-9-12(6-7-16-13)17-11-5-3-4-10(14)8-11/h3-9H,2H2,1H3,(H,15,16). The first kappa shape index (κ1) is 11.7. The molecule has 0 radical (unpaired) electrons. The summed E-state index contributed by atoms with van der Waals surface area (Å²) >= 11 is 5.89. The summed E-state index contributed by atoms with van der Waals surface area (Å²) in [6.45, 7) is 2.85. The van der Waals surface area contributed by atoms with E-state index in [1.165, 1.54) is 0 Å². The molecule has 2 aromatic rings. The minimum absolute atomic E-state index is 0.656. The third kappa shape index (κ3) is 3.36. The molecule has 3 nitrogen and oxygen atoms in total. The lowest BCUT2D eigenvalue weighted by Crippen LogP contribution is -1.98. The number of nitrogens with one attached hydrogen (secondary N) is 1. The zero-order valence-corrected chi connectivity index (χ0v) is 10.2. The SMILES string of the molecule is CCNc1cc(Oc2cccc(Cl)c2)ccn1. The van der Waals surface area contributed by atoms with Crippen LogP contribution in [-0.4, -0.2) is 11.5 Å². The average Bonchev–Trinajstić information content (AvgIpc) is 2.30. The zero-order valence-electron chi connectivity index (χ0n) is 9.48. The Morgan fingerprint density at radius 1 is 1.24 bits per heavy atom. The van der Waals surface area contributed by atoms with Crippen molar-refractivity contribution in [2.75, 3.05) is 11.9 Å². The van der Waals surface area contributed by atoms with Crippen molar-refractivity contribution >= 4 is 17.4 Å². The highest BCUT2D eigenvalue weighted by Gasteiger charge is 2.00. The van der Waals surface area contributed by atoms with Gasteiger partial charge in [0.05, 0.1) is 0 Å². The molecule has 0 saturated heterocycles. The van der Waals surface area contributed by atoms with Crippen LogP contribution in [0.1, 0.15) is 6.92 Å². The second-order valence-corrected chi connectivity index (χ2v) is 3.90.